The molecule has 4 atom stereocenters. The van der Waals surface area contributed by atoms with E-state index in [1.807, 2.05) is 6.07 Å². The summed E-state index contributed by atoms with van der Waals surface area (Å²) in [6, 6.07) is 6.55. The third-order valence-electron chi connectivity index (χ3n) is 4.85. The van der Waals surface area contributed by atoms with Crippen LogP contribution in [-0.4, -0.2) is 47.0 Å². The molecule has 0 aliphatic heterocycles. The van der Waals surface area contributed by atoms with E-state index in [9.17, 15) is 24.3 Å². The van der Waals surface area contributed by atoms with Gasteiger partial charge in [-0.1, -0.05) is 30.3 Å². The summed E-state index contributed by atoms with van der Waals surface area (Å²) in [5.74, 6) is -1.94. The summed E-state index contributed by atoms with van der Waals surface area (Å²) >= 11 is 0. The first-order valence-electron chi connectivity index (χ1n) is 9.54. The maximum absolute atomic E-state index is 12.6. The van der Waals surface area contributed by atoms with Gasteiger partial charge in [-0.15, -0.1) is 0 Å². The van der Waals surface area contributed by atoms with Crippen molar-refractivity contribution in [1.29, 1.82) is 0 Å². The Morgan fingerprint density at radius 2 is 1.93 bits per heavy atom. The first-order valence-corrected chi connectivity index (χ1v) is 9.54. The molecule has 0 unspecified atom stereocenters. The van der Waals surface area contributed by atoms with Crippen LogP contribution in [0.3, 0.4) is 0 Å². The fourth-order valence-corrected chi connectivity index (χ4v) is 3.30. The van der Waals surface area contributed by atoms with Gasteiger partial charge in [0.05, 0.1) is 6.10 Å². The lowest BCUT2D eigenvalue weighted by atomic mass is 9.82. The number of hydrogen-bond donors (Lipinski definition) is 4. The van der Waals surface area contributed by atoms with Crippen LogP contribution in [0.2, 0.25) is 0 Å². The van der Waals surface area contributed by atoms with Gasteiger partial charge in [0, 0.05) is 12.8 Å². The zero-order valence-corrected chi connectivity index (χ0v) is 16.3. The second kappa shape index (κ2) is 10.6. The third kappa shape index (κ3) is 6.86. The van der Waals surface area contributed by atoms with Crippen molar-refractivity contribution in [2.75, 3.05) is 0 Å². The van der Waals surface area contributed by atoms with Gasteiger partial charge in [-0.25, -0.2) is 4.79 Å². The topological polar surface area (TPSA) is 148 Å². The normalized spacial score (nSPS) is 19.5. The van der Waals surface area contributed by atoms with E-state index >= 15 is 0 Å². The van der Waals surface area contributed by atoms with Gasteiger partial charge in [0.1, 0.15) is 24.5 Å². The molecule has 1 fully saturated rings. The van der Waals surface area contributed by atoms with Crippen LogP contribution in [0.4, 0.5) is 4.79 Å². The number of Topliss-reactive ketones (excluding diaryl/α,β-unsaturated/α-hetero) is 1. The predicted octanol–water partition coefficient (Wildman–Crippen LogP) is 0.392. The van der Waals surface area contributed by atoms with Crippen molar-refractivity contribution < 1.29 is 29.0 Å². The van der Waals surface area contributed by atoms with Gasteiger partial charge in [0.2, 0.25) is 11.8 Å². The highest BCUT2D eigenvalue weighted by Crippen LogP contribution is 2.24. The second-order valence-electron chi connectivity index (χ2n) is 7.21. The van der Waals surface area contributed by atoms with E-state index in [2.05, 4.69) is 10.6 Å². The number of benzene rings is 1. The molecule has 1 saturated carbocycles. The smallest absolute Gasteiger partial charge is 0.408 e. The van der Waals surface area contributed by atoms with E-state index in [4.69, 9.17) is 10.5 Å². The van der Waals surface area contributed by atoms with E-state index in [-0.39, 0.29) is 18.8 Å². The number of carbonyl (C=O) groups is 4. The van der Waals surface area contributed by atoms with Crippen LogP contribution in [-0.2, 0) is 25.7 Å². The Bertz CT molecular complexity index is 737. The average molecular weight is 405 g/mol. The number of aliphatic hydroxyl groups excluding tert-OH is 1. The molecule has 9 nitrogen and oxygen atoms in total. The standard InChI is InChI=1S/C20H27N3O6/c1-12(24)16(23-20(28)29-11-13-6-3-2-4-7-13)19(27)22-17(18(21)26)14-8-5-9-15(25)10-14/h2-4,6-7,12,14,16-17,24H,5,8-11H2,1H3,(H2,21,26)(H,22,27)(H,23,28)/t12-,14-,16+,17-/m1/s1. The van der Waals surface area contributed by atoms with Gasteiger partial charge in [-0.2, -0.15) is 0 Å². The number of ketones is 1. The molecule has 0 aromatic heterocycles. The number of nitrogens with two attached hydrogens (primary N) is 1. The molecule has 2 rings (SSSR count). The van der Waals surface area contributed by atoms with E-state index in [1.54, 1.807) is 24.3 Å². The maximum Gasteiger partial charge on any atom is 0.408 e. The molecular formula is C20H27N3O6. The van der Waals surface area contributed by atoms with Crippen LogP contribution in [0.5, 0.6) is 0 Å². The van der Waals surface area contributed by atoms with Crippen molar-refractivity contribution in [3.63, 3.8) is 0 Å². The number of rotatable bonds is 8. The molecule has 1 aliphatic carbocycles. The maximum atomic E-state index is 12.6. The molecule has 1 aliphatic rings. The fourth-order valence-electron chi connectivity index (χ4n) is 3.30. The van der Waals surface area contributed by atoms with Crippen LogP contribution >= 0.6 is 0 Å². The quantitative estimate of drug-likeness (QED) is 0.492. The van der Waals surface area contributed by atoms with Crippen molar-refractivity contribution >= 4 is 23.7 Å². The highest BCUT2D eigenvalue weighted by molar-refractivity contribution is 5.92. The Kier molecular flexibility index (Phi) is 8.14. The van der Waals surface area contributed by atoms with Crippen LogP contribution in [0.1, 0.15) is 38.2 Å². The Balaban J connectivity index is 1.96. The van der Waals surface area contributed by atoms with E-state index in [0.29, 0.717) is 19.3 Å². The predicted molar refractivity (Wildman–Crippen MR) is 103 cm³/mol. The molecule has 0 heterocycles. The minimum atomic E-state index is -1.35. The van der Waals surface area contributed by atoms with Gasteiger partial charge < -0.3 is 26.2 Å². The van der Waals surface area contributed by atoms with Crippen molar-refractivity contribution in [1.82, 2.24) is 10.6 Å². The van der Waals surface area contributed by atoms with Gasteiger partial charge in [-0.05, 0) is 31.2 Å². The monoisotopic (exact) mass is 405 g/mol. The number of amides is 3. The molecule has 0 spiro atoms. The van der Waals surface area contributed by atoms with Gasteiger partial charge in [0.15, 0.2) is 0 Å². The Morgan fingerprint density at radius 1 is 1.24 bits per heavy atom. The zero-order valence-electron chi connectivity index (χ0n) is 16.3. The van der Waals surface area contributed by atoms with Gasteiger partial charge in [0.25, 0.3) is 0 Å². The van der Waals surface area contributed by atoms with Crippen molar-refractivity contribution in [3.8, 4) is 0 Å². The SMILES string of the molecule is C[C@@H](O)[C@H](NC(=O)OCc1ccccc1)C(=O)N[C@@H](C(N)=O)[C@@H]1CCCC(=O)C1. The number of carbonyl (C=O) groups excluding carboxylic acids is 4. The molecule has 0 saturated heterocycles. The number of nitrogens with one attached hydrogen (secondary N) is 2. The molecule has 3 amide bonds. The Morgan fingerprint density at radius 3 is 2.52 bits per heavy atom. The van der Waals surface area contributed by atoms with Crippen molar-refractivity contribution in [3.05, 3.63) is 35.9 Å². The molecule has 1 aromatic rings. The lowest BCUT2D eigenvalue weighted by Crippen LogP contribution is -2.58. The number of hydrogen-bond acceptors (Lipinski definition) is 6. The summed E-state index contributed by atoms with van der Waals surface area (Å²) in [6.45, 7) is 1.32. The minimum absolute atomic E-state index is 0.00504. The van der Waals surface area contributed by atoms with Crippen LogP contribution in [0.15, 0.2) is 30.3 Å². The van der Waals surface area contributed by atoms with Crippen LogP contribution in [0, 0.1) is 5.92 Å². The lowest BCUT2D eigenvalue weighted by molar-refractivity contribution is -0.132. The number of aliphatic hydroxyl groups is 1. The van der Waals surface area contributed by atoms with E-state index in [1.165, 1.54) is 6.92 Å². The molecular weight excluding hydrogens is 378 g/mol. The largest absolute Gasteiger partial charge is 0.445 e. The first-order chi connectivity index (χ1) is 13.8. The first kappa shape index (κ1) is 22.4. The summed E-state index contributed by atoms with van der Waals surface area (Å²) in [4.78, 5) is 48.2. The summed E-state index contributed by atoms with van der Waals surface area (Å²) in [5.41, 5.74) is 6.17. The molecule has 158 valence electrons. The van der Waals surface area contributed by atoms with Gasteiger partial charge >= 0.3 is 6.09 Å². The molecule has 0 bridgehead atoms. The highest BCUT2D eigenvalue weighted by atomic mass is 16.5. The number of alkyl carbamates (subject to hydrolysis) is 1. The molecule has 29 heavy (non-hydrogen) atoms. The van der Waals surface area contributed by atoms with Crippen LogP contribution < -0.4 is 16.4 Å². The molecule has 1 aromatic carbocycles. The third-order valence-corrected chi connectivity index (χ3v) is 4.85. The minimum Gasteiger partial charge on any atom is -0.445 e. The average Bonchev–Trinajstić information content (AvgIpc) is 2.68. The fraction of sp³-hybridized carbons (Fsp3) is 0.500. The molecule has 0 radical (unpaired) electrons. The summed E-state index contributed by atoms with van der Waals surface area (Å²) in [6.07, 6.45) is -0.349. The summed E-state index contributed by atoms with van der Waals surface area (Å²) in [5, 5.41) is 14.7. The molecule has 5 N–H and O–H groups in total. The summed E-state index contributed by atoms with van der Waals surface area (Å²) < 4.78 is 5.06. The lowest BCUT2D eigenvalue weighted by Gasteiger charge is -2.30. The van der Waals surface area contributed by atoms with Crippen LogP contribution in [0.25, 0.3) is 0 Å². The van der Waals surface area contributed by atoms with Crippen molar-refractivity contribution in [2.24, 2.45) is 11.7 Å². The molecule has 9 heteroatoms. The Hall–Kier alpha value is -2.94. The second-order valence-corrected chi connectivity index (χ2v) is 7.21. The number of ether oxygens (including phenoxy) is 1. The number of primary amides is 1. The Labute approximate surface area is 169 Å². The zero-order chi connectivity index (χ0) is 21.4. The summed E-state index contributed by atoms with van der Waals surface area (Å²) in [7, 11) is 0. The van der Waals surface area contributed by atoms with Crippen molar-refractivity contribution in [2.45, 2.75) is 57.4 Å². The van der Waals surface area contributed by atoms with E-state index in [0.717, 1.165) is 5.56 Å². The van der Waals surface area contributed by atoms with Gasteiger partial charge in [-0.3, -0.25) is 14.4 Å². The highest BCUT2D eigenvalue weighted by Gasteiger charge is 2.35. The van der Waals surface area contributed by atoms with E-state index < -0.39 is 42.0 Å².